The number of halogens is 2. The molecule has 5 nitrogen and oxygen atoms in total. The second-order valence-corrected chi connectivity index (χ2v) is 7.53. The van der Waals surface area contributed by atoms with Gasteiger partial charge in [0.2, 0.25) is 0 Å². The van der Waals surface area contributed by atoms with Crippen molar-refractivity contribution in [3.05, 3.63) is 57.2 Å². The Morgan fingerprint density at radius 3 is 2.43 bits per heavy atom. The molecular weight excluding hydrogens is 447 g/mol. The van der Waals surface area contributed by atoms with Gasteiger partial charge < -0.3 is 14.8 Å². The van der Waals surface area contributed by atoms with Gasteiger partial charge in [0, 0.05) is 4.47 Å². The molecule has 3 rings (SSSR count). The largest absolute Gasteiger partial charge is 0.490 e. The van der Waals surface area contributed by atoms with Crippen LogP contribution in [-0.2, 0) is 4.79 Å². The van der Waals surface area contributed by atoms with Crippen LogP contribution >= 0.6 is 27.7 Å². The molecule has 0 aromatic heterocycles. The molecule has 1 heterocycles. The zero-order valence-corrected chi connectivity index (χ0v) is 17.7. The monoisotopic (exact) mass is 464 g/mol. The Labute approximate surface area is 175 Å². The predicted molar refractivity (Wildman–Crippen MR) is 114 cm³/mol. The SMILES string of the molecule is CCOc1cc(Br)c(/C=C2/SC(=Nc3ccc(F)cc3)NC2=O)cc1OCC. The number of thioether (sulfide) groups is 1. The molecule has 0 radical (unpaired) electrons. The lowest BCUT2D eigenvalue weighted by atomic mass is 10.2. The summed E-state index contributed by atoms with van der Waals surface area (Å²) < 4.78 is 25.0. The number of aliphatic imine (C=N–C) groups is 1. The maximum atomic E-state index is 13.0. The summed E-state index contributed by atoms with van der Waals surface area (Å²) in [4.78, 5) is 17.1. The molecule has 0 unspecified atom stereocenters. The van der Waals surface area contributed by atoms with Gasteiger partial charge in [-0.1, -0.05) is 15.9 Å². The number of hydrogen-bond donors (Lipinski definition) is 1. The average molecular weight is 465 g/mol. The highest BCUT2D eigenvalue weighted by molar-refractivity contribution is 9.10. The zero-order chi connectivity index (χ0) is 20.1. The van der Waals surface area contributed by atoms with Gasteiger partial charge in [-0.3, -0.25) is 4.79 Å². The number of benzene rings is 2. The van der Waals surface area contributed by atoms with Gasteiger partial charge in [-0.2, -0.15) is 0 Å². The van der Waals surface area contributed by atoms with E-state index in [1.54, 1.807) is 18.2 Å². The molecule has 2 aromatic carbocycles. The first-order valence-electron chi connectivity index (χ1n) is 8.64. The number of amides is 1. The number of carbonyl (C=O) groups excluding carboxylic acids is 1. The summed E-state index contributed by atoms with van der Waals surface area (Å²) in [5, 5.41) is 3.16. The number of nitrogens with zero attached hydrogens (tertiary/aromatic N) is 1. The Morgan fingerprint density at radius 1 is 1.14 bits per heavy atom. The molecule has 1 fully saturated rings. The van der Waals surface area contributed by atoms with Crippen molar-refractivity contribution in [1.29, 1.82) is 0 Å². The van der Waals surface area contributed by atoms with Crippen LogP contribution in [-0.4, -0.2) is 24.3 Å². The highest BCUT2D eigenvalue weighted by atomic mass is 79.9. The highest BCUT2D eigenvalue weighted by Crippen LogP contribution is 2.37. The third kappa shape index (κ3) is 4.94. The number of nitrogens with one attached hydrogen (secondary N) is 1. The number of hydrogen-bond acceptors (Lipinski definition) is 5. The second kappa shape index (κ2) is 9.25. The van der Waals surface area contributed by atoms with Crippen LogP contribution in [0.3, 0.4) is 0 Å². The van der Waals surface area contributed by atoms with Crippen molar-refractivity contribution in [1.82, 2.24) is 5.32 Å². The topological polar surface area (TPSA) is 59.9 Å². The number of rotatable bonds is 6. The molecule has 0 aliphatic carbocycles. The normalized spacial score (nSPS) is 16.5. The van der Waals surface area contributed by atoms with E-state index < -0.39 is 0 Å². The van der Waals surface area contributed by atoms with Gasteiger partial charge in [0.25, 0.3) is 5.91 Å². The van der Waals surface area contributed by atoms with Crippen molar-refractivity contribution in [3.63, 3.8) is 0 Å². The molecule has 1 amide bonds. The van der Waals surface area contributed by atoms with E-state index in [4.69, 9.17) is 9.47 Å². The summed E-state index contributed by atoms with van der Waals surface area (Å²) in [7, 11) is 0. The summed E-state index contributed by atoms with van der Waals surface area (Å²) in [5.74, 6) is 0.672. The van der Waals surface area contributed by atoms with Crippen molar-refractivity contribution in [2.45, 2.75) is 13.8 Å². The molecule has 28 heavy (non-hydrogen) atoms. The minimum absolute atomic E-state index is 0.246. The molecular formula is C20H18BrFN2O3S. The van der Waals surface area contributed by atoms with Crippen molar-refractivity contribution < 1.29 is 18.7 Å². The Kier molecular flexibility index (Phi) is 6.74. The van der Waals surface area contributed by atoms with Crippen molar-refractivity contribution in [3.8, 4) is 11.5 Å². The highest BCUT2D eigenvalue weighted by Gasteiger charge is 2.24. The maximum Gasteiger partial charge on any atom is 0.264 e. The first-order valence-corrected chi connectivity index (χ1v) is 10.3. The van der Waals surface area contributed by atoms with E-state index >= 15 is 0 Å². The average Bonchev–Trinajstić information content (AvgIpc) is 3.00. The van der Waals surface area contributed by atoms with Crippen LogP contribution in [0.1, 0.15) is 19.4 Å². The third-order valence-corrected chi connectivity index (χ3v) is 5.25. The molecule has 8 heteroatoms. The molecule has 0 atom stereocenters. The van der Waals surface area contributed by atoms with Crippen molar-refractivity contribution >= 4 is 50.5 Å². The van der Waals surface area contributed by atoms with Crippen LogP contribution in [0, 0.1) is 5.82 Å². The molecule has 1 aliphatic rings. The van der Waals surface area contributed by atoms with Gasteiger partial charge in [0.15, 0.2) is 16.7 Å². The van der Waals surface area contributed by atoms with E-state index in [1.807, 2.05) is 26.0 Å². The zero-order valence-electron chi connectivity index (χ0n) is 15.3. The Hall–Kier alpha value is -2.32. The molecule has 0 saturated carbocycles. The molecule has 1 N–H and O–H groups in total. The lowest BCUT2D eigenvalue weighted by Crippen LogP contribution is -2.19. The minimum Gasteiger partial charge on any atom is -0.490 e. The number of ether oxygens (including phenoxy) is 2. The molecule has 146 valence electrons. The fourth-order valence-electron chi connectivity index (χ4n) is 2.45. The van der Waals surface area contributed by atoms with Crippen molar-refractivity contribution in [2.24, 2.45) is 4.99 Å². The van der Waals surface area contributed by atoms with Gasteiger partial charge in [-0.15, -0.1) is 0 Å². The van der Waals surface area contributed by atoms with E-state index in [2.05, 4.69) is 26.2 Å². The summed E-state index contributed by atoms with van der Waals surface area (Å²) in [6.45, 7) is 4.82. The van der Waals surface area contributed by atoms with E-state index in [1.165, 1.54) is 23.9 Å². The van der Waals surface area contributed by atoms with Crippen LogP contribution < -0.4 is 14.8 Å². The smallest absolute Gasteiger partial charge is 0.264 e. The quantitative estimate of drug-likeness (QED) is 0.590. The first-order chi connectivity index (χ1) is 13.5. The Balaban J connectivity index is 1.87. The maximum absolute atomic E-state index is 13.0. The van der Waals surface area contributed by atoms with Gasteiger partial charge >= 0.3 is 0 Å². The lowest BCUT2D eigenvalue weighted by Gasteiger charge is -2.13. The van der Waals surface area contributed by atoms with E-state index in [0.717, 1.165) is 10.0 Å². The van der Waals surface area contributed by atoms with Crippen LogP contribution in [0.15, 0.2) is 50.8 Å². The number of carbonyl (C=O) groups is 1. The molecule has 1 saturated heterocycles. The fraction of sp³-hybridized carbons (Fsp3) is 0.200. The van der Waals surface area contributed by atoms with E-state index in [0.29, 0.717) is 40.5 Å². The fourth-order valence-corrected chi connectivity index (χ4v) is 3.72. The van der Waals surface area contributed by atoms with Gasteiger partial charge in [0.1, 0.15) is 5.82 Å². The van der Waals surface area contributed by atoms with E-state index in [9.17, 15) is 9.18 Å². The van der Waals surface area contributed by atoms with Crippen LogP contribution in [0.2, 0.25) is 0 Å². The van der Waals surface area contributed by atoms with Crippen LogP contribution in [0.25, 0.3) is 6.08 Å². The molecule has 0 bridgehead atoms. The van der Waals surface area contributed by atoms with Gasteiger partial charge in [-0.25, -0.2) is 9.38 Å². The second-order valence-electron chi connectivity index (χ2n) is 5.64. The molecule has 2 aromatic rings. The van der Waals surface area contributed by atoms with Crippen LogP contribution in [0.5, 0.6) is 11.5 Å². The van der Waals surface area contributed by atoms with E-state index in [-0.39, 0.29) is 11.7 Å². The van der Waals surface area contributed by atoms with Gasteiger partial charge in [-0.05, 0) is 73.6 Å². The Bertz CT molecular complexity index is 945. The Morgan fingerprint density at radius 2 is 1.79 bits per heavy atom. The third-order valence-electron chi connectivity index (χ3n) is 3.66. The molecule has 1 aliphatic heterocycles. The summed E-state index contributed by atoms with van der Waals surface area (Å²) in [6.07, 6.45) is 1.76. The van der Waals surface area contributed by atoms with Gasteiger partial charge in [0.05, 0.1) is 23.8 Å². The van der Waals surface area contributed by atoms with Crippen molar-refractivity contribution in [2.75, 3.05) is 13.2 Å². The lowest BCUT2D eigenvalue weighted by molar-refractivity contribution is -0.115. The number of amidine groups is 1. The summed E-state index contributed by atoms with van der Waals surface area (Å²) in [5.41, 5.74) is 1.35. The van der Waals surface area contributed by atoms with Crippen LogP contribution in [0.4, 0.5) is 10.1 Å². The molecule has 0 spiro atoms. The summed E-state index contributed by atoms with van der Waals surface area (Å²) >= 11 is 4.74. The minimum atomic E-state index is -0.335. The predicted octanol–water partition coefficient (Wildman–Crippen LogP) is 5.28. The standard InChI is InChI=1S/C20H18BrFN2O3S/c1-3-26-16-9-12(15(21)11-17(16)27-4-2)10-18-19(25)24-20(28-18)23-14-7-5-13(22)6-8-14/h5-11H,3-4H2,1-2H3,(H,23,24,25)/b18-10+. The first kappa shape index (κ1) is 20.4. The summed E-state index contributed by atoms with van der Waals surface area (Å²) in [6, 6.07) is 9.40.